The Morgan fingerprint density at radius 2 is 2.45 bits per heavy atom. The minimum absolute atomic E-state index is 0.690. The molecule has 1 saturated heterocycles. The van der Waals surface area contributed by atoms with E-state index in [-0.39, 0.29) is 0 Å². The molecule has 0 aromatic carbocycles. The maximum absolute atomic E-state index is 5.45. The van der Waals surface area contributed by atoms with Gasteiger partial charge in [-0.2, -0.15) is 0 Å². The van der Waals surface area contributed by atoms with Gasteiger partial charge in [-0.25, -0.2) is 0 Å². The normalized spacial score (nSPS) is 27.3. The smallest absolute Gasteiger partial charge is 0.0192 e. The first-order valence-corrected chi connectivity index (χ1v) is 4.49. The highest BCUT2D eigenvalue weighted by atomic mass is 15.2. The minimum Gasteiger partial charge on any atom is -0.330 e. The summed E-state index contributed by atoms with van der Waals surface area (Å²) in [6.45, 7) is 7.69. The van der Waals surface area contributed by atoms with Crippen molar-refractivity contribution in [1.82, 2.24) is 10.2 Å². The summed E-state index contributed by atoms with van der Waals surface area (Å²) >= 11 is 0. The summed E-state index contributed by atoms with van der Waals surface area (Å²) in [4.78, 5) is 2.50. The second-order valence-electron chi connectivity index (χ2n) is 3.23. The molecule has 3 N–H and O–H groups in total. The number of piperazine rings is 1. The fourth-order valence-corrected chi connectivity index (χ4v) is 1.51. The topological polar surface area (TPSA) is 41.3 Å². The van der Waals surface area contributed by atoms with Gasteiger partial charge in [0.1, 0.15) is 0 Å². The van der Waals surface area contributed by atoms with Crippen molar-refractivity contribution in [3.63, 3.8) is 0 Å². The van der Waals surface area contributed by atoms with E-state index in [9.17, 15) is 0 Å². The van der Waals surface area contributed by atoms with E-state index in [1.54, 1.807) is 0 Å². The Kier molecular flexibility index (Phi) is 3.83. The summed E-state index contributed by atoms with van der Waals surface area (Å²) in [7, 11) is 0. The number of hydrogen-bond acceptors (Lipinski definition) is 3. The van der Waals surface area contributed by atoms with Gasteiger partial charge in [-0.1, -0.05) is 0 Å². The summed E-state index contributed by atoms with van der Waals surface area (Å²) in [5.41, 5.74) is 5.45. The van der Waals surface area contributed by atoms with Crippen LogP contribution in [-0.2, 0) is 0 Å². The average Bonchev–Trinajstić information content (AvgIpc) is 2.03. The predicted octanol–water partition coefficient (Wildman–Crippen LogP) is -0.371. The highest BCUT2D eigenvalue weighted by molar-refractivity contribution is 4.75. The Balaban J connectivity index is 2.18. The number of nitrogens with zero attached hydrogens (tertiary/aromatic N) is 1. The molecular formula is C8H19N3. The maximum atomic E-state index is 5.45. The highest BCUT2D eigenvalue weighted by Gasteiger charge is 2.15. The molecular weight excluding hydrogens is 138 g/mol. The molecule has 0 aliphatic carbocycles. The largest absolute Gasteiger partial charge is 0.330 e. The van der Waals surface area contributed by atoms with Crippen molar-refractivity contribution in [2.75, 3.05) is 32.7 Å². The zero-order chi connectivity index (χ0) is 8.10. The Morgan fingerprint density at radius 1 is 1.64 bits per heavy atom. The lowest BCUT2D eigenvalue weighted by molar-refractivity contribution is 0.173. The first-order chi connectivity index (χ1) is 5.34. The van der Waals surface area contributed by atoms with Crippen LogP contribution in [0.25, 0.3) is 0 Å². The van der Waals surface area contributed by atoms with Gasteiger partial charge in [-0.3, -0.25) is 4.90 Å². The zero-order valence-electron chi connectivity index (χ0n) is 7.34. The molecule has 3 heteroatoms. The Morgan fingerprint density at radius 3 is 3.09 bits per heavy atom. The van der Waals surface area contributed by atoms with Crippen LogP contribution < -0.4 is 11.1 Å². The summed E-state index contributed by atoms with van der Waals surface area (Å²) in [6.07, 6.45) is 1.13. The third kappa shape index (κ3) is 2.77. The molecule has 1 aliphatic rings. The van der Waals surface area contributed by atoms with E-state index in [4.69, 9.17) is 5.73 Å². The molecule has 0 aromatic rings. The van der Waals surface area contributed by atoms with Crippen LogP contribution >= 0.6 is 0 Å². The van der Waals surface area contributed by atoms with Crippen LogP contribution in [0.4, 0.5) is 0 Å². The van der Waals surface area contributed by atoms with E-state index in [2.05, 4.69) is 17.1 Å². The Labute approximate surface area is 68.9 Å². The molecule has 0 aromatic heterocycles. The molecule has 1 aliphatic heterocycles. The Hall–Kier alpha value is -0.120. The fourth-order valence-electron chi connectivity index (χ4n) is 1.51. The molecule has 0 spiro atoms. The van der Waals surface area contributed by atoms with E-state index in [0.29, 0.717) is 6.04 Å². The van der Waals surface area contributed by atoms with Crippen LogP contribution in [0.5, 0.6) is 0 Å². The van der Waals surface area contributed by atoms with E-state index >= 15 is 0 Å². The van der Waals surface area contributed by atoms with Gasteiger partial charge in [0.2, 0.25) is 0 Å². The lowest BCUT2D eigenvalue weighted by atomic mass is 10.2. The van der Waals surface area contributed by atoms with Crippen molar-refractivity contribution in [3.8, 4) is 0 Å². The van der Waals surface area contributed by atoms with Crippen molar-refractivity contribution in [2.45, 2.75) is 19.4 Å². The maximum Gasteiger partial charge on any atom is 0.0192 e. The van der Waals surface area contributed by atoms with E-state index in [1.807, 2.05) is 0 Å². The third-order valence-electron chi connectivity index (χ3n) is 2.29. The first-order valence-electron chi connectivity index (χ1n) is 4.49. The number of nitrogens with two attached hydrogens (primary N) is 1. The molecule has 66 valence electrons. The van der Waals surface area contributed by atoms with Gasteiger partial charge in [0.25, 0.3) is 0 Å². The Bertz CT molecular complexity index is 106. The quantitative estimate of drug-likeness (QED) is 0.587. The molecule has 3 nitrogen and oxygen atoms in total. The molecule has 0 amide bonds. The lowest BCUT2D eigenvalue weighted by Crippen LogP contribution is -2.50. The van der Waals surface area contributed by atoms with E-state index in [0.717, 1.165) is 26.1 Å². The molecule has 1 fully saturated rings. The highest BCUT2D eigenvalue weighted by Crippen LogP contribution is 2.01. The van der Waals surface area contributed by atoms with Crippen LogP contribution in [0.2, 0.25) is 0 Å². The first kappa shape index (κ1) is 8.97. The standard InChI is InChI=1S/C8H19N3/c1-8-7-10-4-6-11(8)5-2-3-9/h8,10H,2-7,9H2,1H3/t8-/m0/s1. The summed E-state index contributed by atoms with van der Waals surface area (Å²) in [6, 6.07) is 0.690. The van der Waals surface area contributed by atoms with Crippen LogP contribution in [0.15, 0.2) is 0 Å². The van der Waals surface area contributed by atoms with Crippen molar-refractivity contribution in [1.29, 1.82) is 0 Å². The van der Waals surface area contributed by atoms with Crippen LogP contribution in [0.1, 0.15) is 13.3 Å². The third-order valence-corrected chi connectivity index (χ3v) is 2.29. The van der Waals surface area contributed by atoms with Crippen molar-refractivity contribution in [3.05, 3.63) is 0 Å². The van der Waals surface area contributed by atoms with Crippen molar-refractivity contribution < 1.29 is 0 Å². The number of hydrogen-bond donors (Lipinski definition) is 2. The second kappa shape index (κ2) is 4.70. The van der Waals surface area contributed by atoms with Crippen molar-refractivity contribution >= 4 is 0 Å². The summed E-state index contributed by atoms with van der Waals surface area (Å²) < 4.78 is 0. The van der Waals surface area contributed by atoms with Gasteiger partial charge in [0.15, 0.2) is 0 Å². The van der Waals surface area contributed by atoms with Gasteiger partial charge >= 0.3 is 0 Å². The second-order valence-corrected chi connectivity index (χ2v) is 3.23. The van der Waals surface area contributed by atoms with Crippen LogP contribution in [0, 0.1) is 0 Å². The van der Waals surface area contributed by atoms with Gasteiger partial charge in [0, 0.05) is 25.7 Å². The average molecular weight is 157 g/mol. The minimum atomic E-state index is 0.690. The predicted molar refractivity (Wildman–Crippen MR) is 47.6 cm³/mol. The SMILES string of the molecule is C[C@H]1CNCCN1CCCN. The monoisotopic (exact) mass is 157 g/mol. The van der Waals surface area contributed by atoms with E-state index in [1.165, 1.54) is 13.1 Å². The number of nitrogens with one attached hydrogen (secondary N) is 1. The van der Waals surface area contributed by atoms with Crippen LogP contribution in [0.3, 0.4) is 0 Å². The summed E-state index contributed by atoms with van der Waals surface area (Å²) in [5, 5.41) is 3.37. The van der Waals surface area contributed by atoms with Gasteiger partial charge < -0.3 is 11.1 Å². The molecule has 0 unspecified atom stereocenters. The molecule has 1 atom stereocenters. The van der Waals surface area contributed by atoms with Gasteiger partial charge in [-0.15, -0.1) is 0 Å². The molecule has 0 saturated carbocycles. The van der Waals surface area contributed by atoms with E-state index < -0.39 is 0 Å². The van der Waals surface area contributed by atoms with Gasteiger partial charge in [0.05, 0.1) is 0 Å². The number of rotatable bonds is 3. The van der Waals surface area contributed by atoms with Crippen LogP contribution in [-0.4, -0.2) is 43.7 Å². The molecule has 0 bridgehead atoms. The van der Waals surface area contributed by atoms with Gasteiger partial charge in [-0.05, 0) is 26.4 Å². The molecule has 1 heterocycles. The lowest BCUT2D eigenvalue weighted by Gasteiger charge is -2.33. The molecule has 11 heavy (non-hydrogen) atoms. The summed E-state index contributed by atoms with van der Waals surface area (Å²) in [5.74, 6) is 0. The zero-order valence-corrected chi connectivity index (χ0v) is 7.34. The fraction of sp³-hybridized carbons (Fsp3) is 1.00. The van der Waals surface area contributed by atoms with Crippen molar-refractivity contribution in [2.24, 2.45) is 5.73 Å². The molecule has 1 rings (SSSR count). The molecule has 0 radical (unpaired) electrons.